The number of halogens is 1. The molecule has 1 saturated heterocycles. The van der Waals surface area contributed by atoms with Crippen LogP contribution in [0, 0.1) is 18.7 Å². The number of aromatic nitrogens is 1. The van der Waals surface area contributed by atoms with Crippen LogP contribution in [0.25, 0.3) is 12.2 Å². The monoisotopic (exact) mass is 394 g/mol. The van der Waals surface area contributed by atoms with Gasteiger partial charge in [-0.25, -0.2) is 12.8 Å². The molecule has 0 atom stereocenters. The predicted molar refractivity (Wildman–Crippen MR) is 95.7 cm³/mol. The molecule has 1 aromatic carbocycles. The van der Waals surface area contributed by atoms with Crippen LogP contribution < -0.4 is 0 Å². The number of hydrogen-bond acceptors (Lipinski definition) is 5. The summed E-state index contributed by atoms with van der Waals surface area (Å²) in [6, 6.07) is 6.08. The summed E-state index contributed by atoms with van der Waals surface area (Å²) in [6.07, 6.45) is 3.29. The van der Waals surface area contributed by atoms with Crippen LogP contribution in [0.3, 0.4) is 0 Å². The minimum Gasteiger partial charge on any atom is -0.481 e. The zero-order chi connectivity index (χ0) is 19.6. The van der Waals surface area contributed by atoms with Crippen molar-refractivity contribution in [2.24, 2.45) is 5.92 Å². The molecule has 1 N–H and O–H groups in total. The van der Waals surface area contributed by atoms with Crippen molar-refractivity contribution in [2.75, 3.05) is 13.1 Å². The van der Waals surface area contributed by atoms with Gasteiger partial charge in [-0.15, -0.1) is 0 Å². The maximum Gasteiger partial charge on any atom is 0.306 e. The molecule has 2 aromatic rings. The Bertz CT molecular complexity index is 975. The Morgan fingerprint density at radius 3 is 2.59 bits per heavy atom. The van der Waals surface area contributed by atoms with E-state index in [0.29, 0.717) is 0 Å². The first kappa shape index (κ1) is 19.2. The number of nitrogens with zero attached hydrogens (tertiary/aromatic N) is 2. The lowest BCUT2D eigenvalue weighted by Gasteiger charge is -2.29. The highest BCUT2D eigenvalue weighted by Gasteiger charge is 2.35. The third kappa shape index (κ3) is 3.93. The fraction of sp³-hybridized carbons (Fsp3) is 0.333. The molecule has 0 spiro atoms. The Balaban J connectivity index is 1.88. The maximum absolute atomic E-state index is 13.8. The summed E-state index contributed by atoms with van der Waals surface area (Å²) in [6.45, 7) is 1.74. The SMILES string of the molecule is Cc1noc(C=Cc2ccccc2F)c1S(=O)(=O)N1CCC(C(=O)O)CC1. The molecule has 0 unspecified atom stereocenters. The number of piperidine rings is 1. The Hall–Kier alpha value is -2.52. The van der Waals surface area contributed by atoms with Gasteiger partial charge in [0.1, 0.15) is 11.5 Å². The highest BCUT2D eigenvalue weighted by atomic mass is 32.2. The molecule has 7 nitrogen and oxygen atoms in total. The van der Waals surface area contributed by atoms with E-state index in [0.717, 1.165) is 0 Å². The zero-order valence-corrected chi connectivity index (χ0v) is 15.4. The van der Waals surface area contributed by atoms with E-state index in [4.69, 9.17) is 9.63 Å². The molecular formula is C18H19FN2O5S. The van der Waals surface area contributed by atoms with Gasteiger partial charge in [0.25, 0.3) is 0 Å². The third-order valence-corrected chi connectivity index (χ3v) is 6.61. The second kappa shape index (κ2) is 7.61. The number of carboxylic acid groups (broad SMARTS) is 1. The molecular weight excluding hydrogens is 375 g/mol. The van der Waals surface area contributed by atoms with Crippen molar-refractivity contribution < 1.29 is 27.2 Å². The van der Waals surface area contributed by atoms with Gasteiger partial charge in [0.05, 0.1) is 5.92 Å². The molecule has 0 bridgehead atoms. The lowest BCUT2D eigenvalue weighted by molar-refractivity contribution is -0.142. The Labute approximate surface area is 156 Å². The molecule has 27 heavy (non-hydrogen) atoms. The van der Waals surface area contributed by atoms with E-state index in [-0.39, 0.29) is 47.8 Å². The van der Waals surface area contributed by atoms with Gasteiger partial charge in [0.2, 0.25) is 10.0 Å². The Kier molecular flexibility index (Phi) is 5.43. The van der Waals surface area contributed by atoms with Gasteiger partial charge in [-0.3, -0.25) is 4.79 Å². The number of carbonyl (C=O) groups is 1. The summed E-state index contributed by atoms with van der Waals surface area (Å²) >= 11 is 0. The molecule has 2 heterocycles. The van der Waals surface area contributed by atoms with Crippen molar-refractivity contribution in [1.29, 1.82) is 0 Å². The van der Waals surface area contributed by atoms with Crippen molar-refractivity contribution in [1.82, 2.24) is 9.46 Å². The van der Waals surface area contributed by atoms with Crippen LogP contribution >= 0.6 is 0 Å². The molecule has 0 saturated carbocycles. The number of rotatable bonds is 5. The first-order valence-electron chi connectivity index (χ1n) is 8.42. The Morgan fingerprint density at radius 2 is 1.96 bits per heavy atom. The lowest BCUT2D eigenvalue weighted by atomic mass is 9.99. The number of carboxylic acids is 1. The maximum atomic E-state index is 13.8. The smallest absolute Gasteiger partial charge is 0.306 e. The first-order valence-corrected chi connectivity index (χ1v) is 9.86. The van der Waals surface area contributed by atoms with Crippen LogP contribution in [0.5, 0.6) is 0 Å². The summed E-state index contributed by atoms with van der Waals surface area (Å²) < 4.78 is 46.2. The van der Waals surface area contributed by atoms with Gasteiger partial charge >= 0.3 is 5.97 Å². The molecule has 1 aliphatic rings. The van der Waals surface area contributed by atoms with E-state index in [1.807, 2.05) is 0 Å². The standard InChI is InChI=1S/C18H19FN2O5S/c1-12-17(27(24,25)21-10-8-14(9-11-21)18(22)23)16(26-20-12)7-6-13-4-2-3-5-15(13)19/h2-7,14H,8-11H2,1H3,(H,22,23). The fourth-order valence-corrected chi connectivity index (χ4v) is 4.77. The highest BCUT2D eigenvalue weighted by Crippen LogP contribution is 2.29. The van der Waals surface area contributed by atoms with E-state index in [9.17, 15) is 17.6 Å². The van der Waals surface area contributed by atoms with E-state index >= 15 is 0 Å². The van der Waals surface area contributed by atoms with Gasteiger partial charge in [0.15, 0.2) is 10.7 Å². The van der Waals surface area contributed by atoms with Gasteiger partial charge in [0, 0.05) is 18.7 Å². The largest absolute Gasteiger partial charge is 0.481 e. The van der Waals surface area contributed by atoms with Crippen LogP contribution in [-0.2, 0) is 14.8 Å². The fourth-order valence-electron chi connectivity index (χ4n) is 3.05. The normalized spacial score (nSPS) is 16.8. The second-order valence-electron chi connectivity index (χ2n) is 6.33. The molecule has 0 aliphatic carbocycles. The molecule has 144 valence electrons. The van der Waals surface area contributed by atoms with Crippen molar-refractivity contribution in [3.8, 4) is 0 Å². The molecule has 0 amide bonds. The lowest BCUT2D eigenvalue weighted by Crippen LogP contribution is -2.40. The second-order valence-corrected chi connectivity index (χ2v) is 8.21. The van der Waals surface area contributed by atoms with Gasteiger partial charge < -0.3 is 9.63 Å². The number of aliphatic carboxylic acids is 1. The summed E-state index contributed by atoms with van der Waals surface area (Å²) in [5.41, 5.74) is 0.487. The zero-order valence-electron chi connectivity index (χ0n) is 14.6. The van der Waals surface area contributed by atoms with Gasteiger partial charge in [-0.2, -0.15) is 4.31 Å². The van der Waals surface area contributed by atoms with Gasteiger partial charge in [-0.05, 0) is 38.0 Å². The summed E-state index contributed by atoms with van der Waals surface area (Å²) in [5, 5.41) is 12.8. The van der Waals surface area contributed by atoms with Gasteiger partial charge in [-0.1, -0.05) is 23.4 Å². The van der Waals surface area contributed by atoms with Crippen LogP contribution in [-0.4, -0.2) is 42.0 Å². The average molecular weight is 394 g/mol. The number of hydrogen-bond donors (Lipinski definition) is 1. The van der Waals surface area contributed by atoms with E-state index in [1.54, 1.807) is 18.2 Å². The van der Waals surface area contributed by atoms with Crippen LogP contribution in [0.15, 0.2) is 33.7 Å². The molecule has 0 radical (unpaired) electrons. The number of benzene rings is 1. The first-order chi connectivity index (χ1) is 12.8. The summed E-state index contributed by atoms with van der Waals surface area (Å²) in [5.74, 6) is -1.89. The molecule has 9 heteroatoms. The predicted octanol–water partition coefficient (Wildman–Crippen LogP) is 2.78. The topological polar surface area (TPSA) is 101 Å². The van der Waals surface area contributed by atoms with Crippen molar-refractivity contribution in [2.45, 2.75) is 24.7 Å². The Morgan fingerprint density at radius 1 is 1.30 bits per heavy atom. The summed E-state index contributed by atoms with van der Waals surface area (Å²) in [4.78, 5) is 11.0. The molecule has 1 fully saturated rings. The summed E-state index contributed by atoms with van der Waals surface area (Å²) in [7, 11) is -3.90. The van der Waals surface area contributed by atoms with E-state index in [2.05, 4.69) is 5.16 Å². The average Bonchev–Trinajstić information content (AvgIpc) is 3.02. The highest BCUT2D eigenvalue weighted by molar-refractivity contribution is 7.89. The van der Waals surface area contributed by atoms with E-state index < -0.39 is 27.7 Å². The molecule has 1 aromatic heterocycles. The minimum atomic E-state index is -3.90. The quantitative estimate of drug-likeness (QED) is 0.837. The van der Waals surface area contributed by atoms with E-state index in [1.165, 1.54) is 29.4 Å². The minimum absolute atomic E-state index is 0.0103. The van der Waals surface area contributed by atoms with Crippen LogP contribution in [0.4, 0.5) is 4.39 Å². The van der Waals surface area contributed by atoms with Crippen LogP contribution in [0.2, 0.25) is 0 Å². The van der Waals surface area contributed by atoms with Crippen LogP contribution in [0.1, 0.15) is 29.9 Å². The molecule has 3 rings (SSSR count). The number of sulfonamides is 1. The molecule has 1 aliphatic heterocycles. The van der Waals surface area contributed by atoms with Crippen molar-refractivity contribution >= 4 is 28.1 Å². The van der Waals surface area contributed by atoms with Crippen molar-refractivity contribution in [3.05, 3.63) is 47.1 Å². The third-order valence-electron chi connectivity index (χ3n) is 4.55. The van der Waals surface area contributed by atoms with Crippen molar-refractivity contribution in [3.63, 3.8) is 0 Å². The number of aryl methyl sites for hydroxylation is 1.